The van der Waals surface area contributed by atoms with Gasteiger partial charge in [-0.3, -0.25) is 0 Å². The lowest BCUT2D eigenvalue weighted by Gasteiger charge is -2.22. The second-order valence-corrected chi connectivity index (χ2v) is 8.05. The Labute approximate surface area is 144 Å². The highest BCUT2D eigenvalue weighted by molar-refractivity contribution is 7.90. The second-order valence-electron chi connectivity index (χ2n) is 6.04. The summed E-state index contributed by atoms with van der Waals surface area (Å²) in [5.74, 6) is 0.975. The number of sulfone groups is 1. The van der Waals surface area contributed by atoms with Crippen molar-refractivity contribution < 1.29 is 13.2 Å². The number of rotatable bonds is 8. The van der Waals surface area contributed by atoms with Gasteiger partial charge in [-0.15, -0.1) is 0 Å². The van der Waals surface area contributed by atoms with E-state index in [9.17, 15) is 8.42 Å². The molecule has 0 amide bonds. The topological polar surface area (TPSA) is 55.4 Å². The fourth-order valence-electron chi connectivity index (χ4n) is 2.47. The summed E-state index contributed by atoms with van der Waals surface area (Å²) in [7, 11) is -3.21. The molecule has 0 spiro atoms. The van der Waals surface area contributed by atoms with Crippen LogP contribution in [0.1, 0.15) is 25.3 Å². The molecule has 2 aromatic rings. The zero-order chi connectivity index (χ0) is 17.6. The van der Waals surface area contributed by atoms with Crippen LogP contribution >= 0.6 is 0 Å². The van der Waals surface area contributed by atoms with E-state index in [0.29, 0.717) is 30.9 Å². The number of nitrogens with one attached hydrogen (secondary N) is 1. The zero-order valence-corrected chi connectivity index (χ0v) is 15.2. The first-order chi connectivity index (χ1) is 11.4. The first-order valence-electron chi connectivity index (χ1n) is 8.09. The monoisotopic (exact) mass is 347 g/mol. The molecule has 5 heteroatoms. The minimum Gasteiger partial charge on any atom is -0.492 e. The van der Waals surface area contributed by atoms with E-state index in [-0.39, 0.29) is 4.90 Å². The van der Waals surface area contributed by atoms with Crippen LogP contribution in [0.3, 0.4) is 0 Å². The smallest absolute Gasteiger partial charge is 0.175 e. The van der Waals surface area contributed by atoms with Crippen LogP contribution in [0, 0.1) is 0 Å². The fraction of sp³-hybridized carbons (Fsp3) is 0.368. The molecule has 130 valence electrons. The van der Waals surface area contributed by atoms with E-state index < -0.39 is 9.84 Å². The molecule has 0 saturated carbocycles. The predicted molar refractivity (Wildman–Crippen MR) is 97.4 cm³/mol. The Morgan fingerprint density at radius 3 is 2.42 bits per heavy atom. The molecule has 0 bridgehead atoms. The molecule has 4 nitrogen and oxygen atoms in total. The largest absolute Gasteiger partial charge is 0.492 e. The van der Waals surface area contributed by atoms with Gasteiger partial charge in [-0.1, -0.05) is 43.3 Å². The fourth-order valence-corrected chi connectivity index (χ4v) is 3.13. The Morgan fingerprint density at radius 2 is 1.75 bits per heavy atom. The third-order valence-electron chi connectivity index (χ3n) is 4.15. The van der Waals surface area contributed by atoms with Crippen molar-refractivity contribution in [1.29, 1.82) is 0 Å². The molecule has 0 aliphatic carbocycles. The molecule has 0 aliphatic heterocycles. The average molecular weight is 347 g/mol. The molecule has 0 saturated heterocycles. The summed E-state index contributed by atoms with van der Waals surface area (Å²) in [5.41, 5.74) is 1.30. The molecular weight excluding hydrogens is 322 g/mol. The standard InChI is InChI=1S/C19H25NO3S/c1-15(17-8-5-4-6-9-17)16(2)20-12-13-23-18-10-7-11-19(14-18)24(3,21)22/h4-11,14-16,20H,12-13H2,1-3H3/t15-,16+/m1/s1. The molecule has 0 radical (unpaired) electrons. The average Bonchev–Trinajstić information content (AvgIpc) is 2.58. The van der Waals surface area contributed by atoms with Crippen LogP contribution in [-0.2, 0) is 9.84 Å². The van der Waals surface area contributed by atoms with Gasteiger partial charge in [0.05, 0.1) is 4.90 Å². The van der Waals surface area contributed by atoms with E-state index in [1.54, 1.807) is 24.3 Å². The molecular formula is C19H25NO3S. The lowest BCUT2D eigenvalue weighted by atomic mass is 9.94. The van der Waals surface area contributed by atoms with Gasteiger partial charge in [-0.25, -0.2) is 8.42 Å². The number of ether oxygens (including phenoxy) is 1. The molecule has 1 N–H and O–H groups in total. The van der Waals surface area contributed by atoms with Crippen LogP contribution in [0.4, 0.5) is 0 Å². The first kappa shape index (κ1) is 18.5. The SMILES string of the molecule is C[C@H](NCCOc1cccc(S(C)(=O)=O)c1)[C@@H](C)c1ccccc1. The van der Waals surface area contributed by atoms with Crippen LogP contribution in [0.5, 0.6) is 5.75 Å². The van der Waals surface area contributed by atoms with E-state index >= 15 is 0 Å². The lowest BCUT2D eigenvalue weighted by Crippen LogP contribution is -2.34. The lowest BCUT2D eigenvalue weighted by molar-refractivity contribution is 0.302. The quantitative estimate of drug-likeness (QED) is 0.745. The van der Waals surface area contributed by atoms with Gasteiger partial charge in [-0.05, 0) is 36.6 Å². The van der Waals surface area contributed by atoms with Crippen LogP contribution in [0.25, 0.3) is 0 Å². The second kappa shape index (κ2) is 8.31. The maximum absolute atomic E-state index is 11.5. The molecule has 2 aromatic carbocycles. The number of hydrogen-bond donors (Lipinski definition) is 1. The summed E-state index contributed by atoms with van der Waals surface area (Å²) < 4.78 is 28.7. The highest BCUT2D eigenvalue weighted by atomic mass is 32.2. The third-order valence-corrected chi connectivity index (χ3v) is 5.26. The van der Waals surface area contributed by atoms with Crippen molar-refractivity contribution in [3.8, 4) is 5.75 Å². The van der Waals surface area contributed by atoms with Crippen LogP contribution in [0.2, 0.25) is 0 Å². The Morgan fingerprint density at radius 1 is 1.04 bits per heavy atom. The predicted octanol–water partition coefficient (Wildman–Crippen LogP) is 3.25. The molecule has 2 atom stereocenters. The van der Waals surface area contributed by atoms with Crippen LogP contribution in [-0.4, -0.2) is 33.9 Å². The third kappa shape index (κ3) is 5.35. The summed E-state index contributed by atoms with van der Waals surface area (Å²) in [4.78, 5) is 0.277. The summed E-state index contributed by atoms with van der Waals surface area (Å²) in [6, 6.07) is 17.3. The molecule has 0 fully saturated rings. The first-order valence-corrected chi connectivity index (χ1v) is 9.98. The van der Waals surface area contributed by atoms with Crippen molar-refractivity contribution in [2.45, 2.75) is 30.7 Å². The maximum Gasteiger partial charge on any atom is 0.175 e. The summed E-state index contributed by atoms with van der Waals surface area (Å²) in [6.45, 7) is 5.53. The van der Waals surface area contributed by atoms with Crippen LogP contribution in [0.15, 0.2) is 59.5 Å². The van der Waals surface area contributed by atoms with E-state index in [1.165, 1.54) is 11.8 Å². The Kier molecular flexibility index (Phi) is 6.40. The van der Waals surface area contributed by atoms with Crippen molar-refractivity contribution >= 4 is 9.84 Å². The summed E-state index contributed by atoms with van der Waals surface area (Å²) in [5, 5.41) is 3.45. The highest BCUT2D eigenvalue weighted by Crippen LogP contribution is 2.19. The van der Waals surface area contributed by atoms with Crippen LogP contribution < -0.4 is 10.1 Å². The minimum atomic E-state index is -3.21. The van der Waals surface area contributed by atoms with E-state index in [1.807, 2.05) is 6.07 Å². The molecule has 24 heavy (non-hydrogen) atoms. The molecule has 2 rings (SSSR count). The van der Waals surface area contributed by atoms with Gasteiger partial charge >= 0.3 is 0 Å². The number of benzene rings is 2. The van der Waals surface area contributed by atoms with Gasteiger partial charge in [-0.2, -0.15) is 0 Å². The highest BCUT2D eigenvalue weighted by Gasteiger charge is 2.13. The van der Waals surface area contributed by atoms with E-state index in [0.717, 1.165) is 0 Å². The van der Waals surface area contributed by atoms with Crippen molar-refractivity contribution in [2.75, 3.05) is 19.4 Å². The van der Waals surface area contributed by atoms with Gasteiger partial charge in [0.1, 0.15) is 12.4 Å². The Hall–Kier alpha value is -1.85. The van der Waals surface area contributed by atoms with E-state index in [2.05, 4.69) is 43.4 Å². The zero-order valence-electron chi connectivity index (χ0n) is 14.4. The van der Waals surface area contributed by atoms with Crippen molar-refractivity contribution in [2.24, 2.45) is 0 Å². The number of hydrogen-bond acceptors (Lipinski definition) is 4. The van der Waals surface area contributed by atoms with Crippen molar-refractivity contribution in [1.82, 2.24) is 5.32 Å². The molecule has 0 aromatic heterocycles. The summed E-state index contributed by atoms with van der Waals surface area (Å²) in [6.07, 6.45) is 1.19. The van der Waals surface area contributed by atoms with Gasteiger partial charge in [0.15, 0.2) is 9.84 Å². The van der Waals surface area contributed by atoms with Crippen molar-refractivity contribution in [3.05, 3.63) is 60.2 Å². The molecule has 0 aliphatic rings. The van der Waals surface area contributed by atoms with Crippen molar-refractivity contribution in [3.63, 3.8) is 0 Å². The Bertz CT molecular complexity index is 744. The van der Waals surface area contributed by atoms with Gasteiger partial charge < -0.3 is 10.1 Å². The minimum absolute atomic E-state index is 0.277. The van der Waals surface area contributed by atoms with Gasteiger partial charge in [0.25, 0.3) is 0 Å². The van der Waals surface area contributed by atoms with Gasteiger partial charge in [0, 0.05) is 18.8 Å². The molecule has 0 unspecified atom stereocenters. The summed E-state index contributed by atoms with van der Waals surface area (Å²) >= 11 is 0. The van der Waals surface area contributed by atoms with Gasteiger partial charge in [0.2, 0.25) is 0 Å². The molecule has 0 heterocycles. The normalized spacial score (nSPS) is 14.1. The maximum atomic E-state index is 11.5. The van der Waals surface area contributed by atoms with E-state index in [4.69, 9.17) is 4.74 Å². The Balaban J connectivity index is 1.81.